The molecule has 1 aromatic heterocycles. The van der Waals surface area contributed by atoms with E-state index in [9.17, 15) is 0 Å². The van der Waals surface area contributed by atoms with Gasteiger partial charge in [0.25, 0.3) is 0 Å². The highest BCUT2D eigenvalue weighted by molar-refractivity contribution is 6.30. The van der Waals surface area contributed by atoms with Crippen molar-refractivity contribution in [1.29, 1.82) is 0 Å². The molecule has 0 N–H and O–H groups in total. The first-order valence-corrected chi connectivity index (χ1v) is 7.25. The average Bonchev–Trinajstić information content (AvgIpc) is 2.91. The summed E-state index contributed by atoms with van der Waals surface area (Å²) in [6, 6.07) is 15.2. The summed E-state index contributed by atoms with van der Waals surface area (Å²) in [5.74, 6) is 1.20. The van der Waals surface area contributed by atoms with E-state index >= 15 is 0 Å². The quantitative estimate of drug-likeness (QED) is 0.708. The molecule has 0 amide bonds. The topological polar surface area (TPSA) is 38.9 Å². The number of hydrogen-bond acceptors (Lipinski definition) is 3. The molecule has 0 aliphatic heterocycles. The van der Waals surface area contributed by atoms with Crippen LogP contribution in [0.1, 0.15) is 22.9 Å². The first kappa shape index (κ1) is 14.1. The third-order valence-electron chi connectivity index (χ3n) is 3.05. The molecule has 0 spiro atoms. The summed E-state index contributed by atoms with van der Waals surface area (Å²) in [7, 11) is 0. The van der Waals surface area contributed by atoms with E-state index in [2.05, 4.69) is 10.2 Å². The molecule has 0 saturated heterocycles. The van der Waals surface area contributed by atoms with Gasteiger partial charge < -0.3 is 4.42 Å². The zero-order valence-corrected chi connectivity index (χ0v) is 12.6. The van der Waals surface area contributed by atoms with Crippen LogP contribution >= 0.6 is 23.2 Å². The Morgan fingerprint density at radius 2 is 1.05 bits per heavy atom. The Labute approximate surface area is 132 Å². The second-order valence-corrected chi connectivity index (χ2v) is 5.57. The number of halogens is 2. The molecule has 0 fully saturated rings. The van der Waals surface area contributed by atoms with Gasteiger partial charge in [-0.1, -0.05) is 47.5 Å². The Hall–Kier alpha value is -1.84. The van der Waals surface area contributed by atoms with Crippen LogP contribution in [0.4, 0.5) is 0 Å². The lowest BCUT2D eigenvalue weighted by Gasteiger charge is -1.98. The molecule has 0 aliphatic carbocycles. The summed E-state index contributed by atoms with van der Waals surface area (Å²) in [4.78, 5) is 0. The van der Waals surface area contributed by atoms with E-state index in [0.29, 0.717) is 34.7 Å². The number of aromatic nitrogens is 2. The maximum atomic E-state index is 5.86. The molecule has 0 radical (unpaired) electrons. The van der Waals surface area contributed by atoms with E-state index < -0.39 is 0 Å². The fourth-order valence-electron chi connectivity index (χ4n) is 1.98. The van der Waals surface area contributed by atoms with Crippen molar-refractivity contribution in [3.63, 3.8) is 0 Å². The highest BCUT2D eigenvalue weighted by Gasteiger charge is 2.08. The maximum absolute atomic E-state index is 5.86. The Kier molecular flexibility index (Phi) is 4.23. The summed E-state index contributed by atoms with van der Waals surface area (Å²) in [6.45, 7) is 0. The van der Waals surface area contributed by atoms with Crippen molar-refractivity contribution in [1.82, 2.24) is 10.2 Å². The predicted octanol–water partition coefficient (Wildman–Crippen LogP) is 4.56. The lowest BCUT2D eigenvalue weighted by atomic mass is 10.1. The van der Waals surface area contributed by atoms with Crippen LogP contribution in [0.5, 0.6) is 0 Å². The van der Waals surface area contributed by atoms with Crippen LogP contribution in [0.3, 0.4) is 0 Å². The molecular formula is C16H12Cl2N2O. The number of rotatable bonds is 4. The van der Waals surface area contributed by atoms with Gasteiger partial charge in [-0.05, 0) is 35.4 Å². The van der Waals surface area contributed by atoms with Gasteiger partial charge in [0.2, 0.25) is 11.8 Å². The van der Waals surface area contributed by atoms with Crippen LogP contribution < -0.4 is 0 Å². The molecule has 3 rings (SSSR count). The normalized spacial score (nSPS) is 10.8. The van der Waals surface area contributed by atoms with Crippen LogP contribution in [0, 0.1) is 0 Å². The fourth-order valence-corrected chi connectivity index (χ4v) is 2.24. The molecule has 1 heterocycles. The SMILES string of the molecule is Clc1ccc(Cc2nnc(Cc3ccc(Cl)cc3)o2)cc1. The van der Waals surface area contributed by atoms with Gasteiger partial charge in [0, 0.05) is 10.0 Å². The molecule has 0 saturated carbocycles. The summed E-state index contributed by atoms with van der Waals surface area (Å²) in [5, 5.41) is 9.57. The van der Waals surface area contributed by atoms with Crippen molar-refractivity contribution in [2.24, 2.45) is 0 Å². The van der Waals surface area contributed by atoms with E-state index in [1.165, 1.54) is 0 Å². The summed E-state index contributed by atoms with van der Waals surface area (Å²) in [6.07, 6.45) is 1.20. The third-order valence-corrected chi connectivity index (χ3v) is 3.55. The minimum atomic E-state index is 0.598. The highest BCUT2D eigenvalue weighted by atomic mass is 35.5. The van der Waals surface area contributed by atoms with E-state index in [1.807, 2.05) is 48.5 Å². The Morgan fingerprint density at radius 1 is 0.667 bits per heavy atom. The zero-order valence-electron chi connectivity index (χ0n) is 11.1. The van der Waals surface area contributed by atoms with Crippen molar-refractivity contribution in [2.45, 2.75) is 12.8 Å². The third kappa shape index (κ3) is 3.84. The monoisotopic (exact) mass is 318 g/mol. The zero-order chi connectivity index (χ0) is 14.7. The molecule has 3 aromatic rings. The van der Waals surface area contributed by atoms with Crippen molar-refractivity contribution in [3.05, 3.63) is 81.5 Å². The molecule has 21 heavy (non-hydrogen) atoms. The van der Waals surface area contributed by atoms with Crippen molar-refractivity contribution < 1.29 is 4.42 Å². The Morgan fingerprint density at radius 3 is 1.43 bits per heavy atom. The second-order valence-electron chi connectivity index (χ2n) is 4.70. The summed E-state index contributed by atoms with van der Waals surface area (Å²) >= 11 is 11.7. The number of hydrogen-bond donors (Lipinski definition) is 0. The number of benzene rings is 2. The van der Waals surface area contributed by atoms with Crippen LogP contribution in [0.25, 0.3) is 0 Å². The van der Waals surface area contributed by atoms with Gasteiger partial charge >= 0.3 is 0 Å². The highest BCUT2D eigenvalue weighted by Crippen LogP contribution is 2.15. The lowest BCUT2D eigenvalue weighted by Crippen LogP contribution is -1.87. The van der Waals surface area contributed by atoms with Gasteiger partial charge in [-0.2, -0.15) is 0 Å². The van der Waals surface area contributed by atoms with E-state index in [0.717, 1.165) is 11.1 Å². The molecule has 2 aromatic carbocycles. The van der Waals surface area contributed by atoms with Crippen LogP contribution in [-0.2, 0) is 12.8 Å². The standard InChI is InChI=1S/C16H12Cl2N2O/c17-13-5-1-11(2-6-13)9-15-19-20-16(21-15)10-12-3-7-14(18)8-4-12/h1-8H,9-10H2. The predicted molar refractivity (Wildman–Crippen MR) is 82.8 cm³/mol. The second kappa shape index (κ2) is 6.29. The first-order valence-electron chi connectivity index (χ1n) is 6.49. The van der Waals surface area contributed by atoms with Gasteiger partial charge in [0.1, 0.15) is 0 Å². The fraction of sp³-hybridized carbons (Fsp3) is 0.125. The van der Waals surface area contributed by atoms with Gasteiger partial charge in [0.15, 0.2) is 0 Å². The molecule has 0 bridgehead atoms. The Balaban J connectivity index is 1.68. The molecule has 3 nitrogen and oxygen atoms in total. The van der Waals surface area contributed by atoms with E-state index in [4.69, 9.17) is 27.6 Å². The smallest absolute Gasteiger partial charge is 0.220 e. The Bertz CT molecular complexity index is 659. The minimum Gasteiger partial charge on any atom is -0.425 e. The van der Waals surface area contributed by atoms with Crippen LogP contribution in [0.15, 0.2) is 52.9 Å². The van der Waals surface area contributed by atoms with Crippen molar-refractivity contribution >= 4 is 23.2 Å². The van der Waals surface area contributed by atoms with Gasteiger partial charge in [0.05, 0.1) is 12.8 Å². The van der Waals surface area contributed by atoms with Gasteiger partial charge in [-0.15, -0.1) is 10.2 Å². The molecule has 0 atom stereocenters. The molecule has 0 aliphatic rings. The summed E-state index contributed by atoms with van der Waals surface area (Å²) < 4.78 is 5.66. The molecule has 106 valence electrons. The largest absolute Gasteiger partial charge is 0.425 e. The summed E-state index contributed by atoms with van der Waals surface area (Å²) in [5.41, 5.74) is 2.17. The average molecular weight is 319 g/mol. The van der Waals surface area contributed by atoms with E-state index in [-0.39, 0.29) is 0 Å². The first-order chi connectivity index (χ1) is 10.2. The van der Waals surface area contributed by atoms with Crippen molar-refractivity contribution in [3.8, 4) is 0 Å². The molecule has 5 heteroatoms. The van der Waals surface area contributed by atoms with Crippen LogP contribution in [0.2, 0.25) is 10.0 Å². The van der Waals surface area contributed by atoms with Crippen LogP contribution in [-0.4, -0.2) is 10.2 Å². The van der Waals surface area contributed by atoms with Crippen molar-refractivity contribution in [2.75, 3.05) is 0 Å². The minimum absolute atomic E-state index is 0.598. The number of nitrogens with zero attached hydrogens (tertiary/aromatic N) is 2. The van der Waals surface area contributed by atoms with Gasteiger partial charge in [-0.25, -0.2) is 0 Å². The maximum Gasteiger partial charge on any atom is 0.220 e. The van der Waals surface area contributed by atoms with E-state index in [1.54, 1.807) is 0 Å². The van der Waals surface area contributed by atoms with Gasteiger partial charge in [-0.3, -0.25) is 0 Å². The lowest BCUT2D eigenvalue weighted by molar-refractivity contribution is 0.466. The molecule has 0 unspecified atom stereocenters. The molecular weight excluding hydrogens is 307 g/mol.